The molecule has 0 bridgehead atoms. The molecular formula is C23H18ClNO3S. The second-order valence-electron chi connectivity index (χ2n) is 6.71. The highest BCUT2D eigenvalue weighted by Crippen LogP contribution is 2.43. The monoisotopic (exact) mass is 423 g/mol. The first-order valence-electron chi connectivity index (χ1n) is 9.20. The van der Waals surface area contributed by atoms with E-state index < -0.39 is 17.7 Å². The largest absolute Gasteiger partial charge is 0.507 e. The van der Waals surface area contributed by atoms with Crippen LogP contribution >= 0.6 is 22.9 Å². The van der Waals surface area contributed by atoms with Crippen molar-refractivity contribution in [2.45, 2.75) is 19.4 Å². The molecule has 6 heteroatoms. The number of aliphatic hydroxyl groups is 1. The molecule has 146 valence electrons. The van der Waals surface area contributed by atoms with E-state index in [-0.39, 0.29) is 11.3 Å². The predicted octanol–water partition coefficient (Wildman–Crippen LogP) is 5.59. The molecule has 2 heterocycles. The highest BCUT2D eigenvalue weighted by Gasteiger charge is 2.47. The lowest BCUT2D eigenvalue weighted by atomic mass is 9.99. The smallest absolute Gasteiger partial charge is 0.300 e. The minimum Gasteiger partial charge on any atom is -0.507 e. The number of hydrogen-bond donors (Lipinski definition) is 1. The topological polar surface area (TPSA) is 57.6 Å². The number of carbonyl (C=O) groups excluding carboxylic acids is 2. The summed E-state index contributed by atoms with van der Waals surface area (Å²) in [6.07, 6.45) is 0.879. The first-order valence-corrected chi connectivity index (χ1v) is 10.5. The van der Waals surface area contributed by atoms with Crippen LogP contribution in [0.3, 0.4) is 0 Å². The molecule has 1 aliphatic heterocycles. The summed E-state index contributed by atoms with van der Waals surface area (Å²) >= 11 is 7.38. The molecule has 1 N–H and O–H groups in total. The van der Waals surface area contributed by atoms with Gasteiger partial charge in [-0.3, -0.25) is 14.5 Å². The number of thiophene rings is 1. The Balaban J connectivity index is 1.88. The van der Waals surface area contributed by atoms with Crippen molar-refractivity contribution in [1.82, 2.24) is 0 Å². The van der Waals surface area contributed by atoms with Gasteiger partial charge in [-0.25, -0.2) is 0 Å². The number of halogens is 1. The molecule has 4 rings (SSSR count). The van der Waals surface area contributed by atoms with Gasteiger partial charge in [-0.1, -0.05) is 36.7 Å². The van der Waals surface area contributed by atoms with Crippen molar-refractivity contribution in [2.24, 2.45) is 0 Å². The van der Waals surface area contributed by atoms with Gasteiger partial charge in [0.2, 0.25) is 0 Å². The third-order valence-corrected chi connectivity index (χ3v) is 6.17. The van der Waals surface area contributed by atoms with E-state index in [0.717, 1.165) is 16.9 Å². The molecule has 29 heavy (non-hydrogen) atoms. The third kappa shape index (κ3) is 3.48. The Morgan fingerprint density at radius 2 is 1.76 bits per heavy atom. The molecule has 1 fully saturated rings. The number of rotatable bonds is 4. The van der Waals surface area contributed by atoms with Gasteiger partial charge in [-0.2, -0.15) is 0 Å². The minimum absolute atomic E-state index is 0.0827. The molecule has 0 radical (unpaired) electrons. The van der Waals surface area contributed by atoms with Crippen LogP contribution in [0.5, 0.6) is 0 Å². The lowest BCUT2D eigenvalue weighted by molar-refractivity contribution is -0.132. The first-order chi connectivity index (χ1) is 14.0. The summed E-state index contributed by atoms with van der Waals surface area (Å²) in [5.41, 5.74) is 2.28. The molecule has 1 amide bonds. The van der Waals surface area contributed by atoms with E-state index in [0.29, 0.717) is 16.3 Å². The maximum atomic E-state index is 13.0. The number of aryl methyl sites for hydroxylation is 1. The molecule has 1 saturated heterocycles. The molecule has 3 aromatic rings. The van der Waals surface area contributed by atoms with Crippen LogP contribution in [0.2, 0.25) is 5.02 Å². The van der Waals surface area contributed by atoms with Crippen molar-refractivity contribution < 1.29 is 14.7 Å². The molecule has 1 aromatic heterocycles. The summed E-state index contributed by atoms with van der Waals surface area (Å²) in [7, 11) is 0. The SMILES string of the molecule is CCc1ccc(N2C(=O)C(=O)/C(=C(\O)c3ccc(Cl)cc3)C2c2cccs2)cc1. The summed E-state index contributed by atoms with van der Waals surface area (Å²) in [4.78, 5) is 28.2. The second kappa shape index (κ2) is 7.85. The van der Waals surface area contributed by atoms with Gasteiger partial charge in [0.05, 0.1) is 5.57 Å². The Labute approximate surface area is 177 Å². The second-order valence-corrected chi connectivity index (χ2v) is 8.13. The van der Waals surface area contributed by atoms with Crippen LogP contribution in [0.25, 0.3) is 5.76 Å². The number of ketones is 1. The van der Waals surface area contributed by atoms with E-state index >= 15 is 0 Å². The van der Waals surface area contributed by atoms with Crippen molar-refractivity contribution in [3.63, 3.8) is 0 Å². The maximum Gasteiger partial charge on any atom is 0.300 e. The van der Waals surface area contributed by atoms with E-state index in [2.05, 4.69) is 6.92 Å². The molecular weight excluding hydrogens is 406 g/mol. The molecule has 0 saturated carbocycles. The van der Waals surface area contributed by atoms with Gasteiger partial charge in [0.1, 0.15) is 11.8 Å². The Bertz CT molecular complexity index is 1090. The molecule has 1 aliphatic rings. The quantitative estimate of drug-likeness (QED) is 0.338. The highest BCUT2D eigenvalue weighted by atomic mass is 35.5. The average molecular weight is 424 g/mol. The van der Waals surface area contributed by atoms with Crippen LogP contribution in [0, 0.1) is 0 Å². The molecule has 2 aromatic carbocycles. The van der Waals surface area contributed by atoms with Crippen LogP contribution in [0.15, 0.2) is 71.6 Å². The molecule has 4 nitrogen and oxygen atoms in total. The normalized spacial score (nSPS) is 18.4. The summed E-state index contributed by atoms with van der Waals surface area (Å²) in [5, 5.41) is 13.4. The van der Waals surface area contributed by atoms with Gasteiger partial charge in [0, 0.05) is 21.2 Å². The fraction of sp³-hybridized carbons (Fsp3) is 0.130. The van der Waals surface area contributed by atoms with E-state index in [1.54, 1.807) is 24.3 Å². The van der Waals surface area contributed by atoms with E-state index in [1.165, 1.54) is 16.2 Å². The number of aliphatic hydroxyl groups excluding tert-OH is 1. The van der Waals surface area contributed by atoms with Crippen molar-refractivity contribution >= 4 is 46.1 Å². The number of nitrogens with zero attached hydrogens (tertiary/aromatic N) is 1. The van der Waals surface area contributed by atoms with E-state index in [1.807, 2.05) is 41.8 Å². The number of Topliss-reactive ketones (excluding diaryl/α,β-unsaturated/α-hetero) is 1. The maximum absolute atomic E-state index is 13.0. The van der Waals surface area contributed by atoms with Crippen LogP contribution in [-0.4, -0.2) is 16.8 Å². The summed E-state index contributed by atoms with van der Waals surface area (Å²) in [6.45, 7) is 2.05. The van der Waals surface area contributed by atoms with Gasteiger partial charge in [-0.15, -0.1) is 11.3 Å². The zero-order chi connectivity index (χ0) is 20.5. The van der Waals surface area contributed by atoms with Crippen LogP contribution in [0.1, 0.15) is 29.0 Å². The Morgan fingerprint density at radius 1 is 1.07 bits per heavy atom. The number of carbonyl (C=O) groups is 2. The number of hydrogen-bond acceptors (Lipinski definition) is 4. The standard InChI is InChI=1S/C23H18ClNO3S/c1-2-14-5-11-17(12-6-14)25-20(18-4-3-13-29-18)19(22(27)23(25)28)21(26)15-7-9-16(24)10-8-15/h3-13,20,26H,2H2,1H3/b21-19-. The number of benzene rings is 2. The Hall–Kier alpha value is -2.89. The third-order valence-electron chi connectivity index (χ3n) is 5.00. The van der Waals surface area contributed by atoms with Crippen LogP contribution in [-0.2, 0) is 16.0 Å². The summed E-state index contributed by atoms with van der Waals surface area (Å²) < 4.78 is 0. The number of amides is 1. The zero-order valence-corrected chi connectivity index (χ0v) is 17.2. The van der Waals surface area contributed by atoms with Crippen molar-refractivity contribution in [3.05, 3.63) is 92.6 Å². The molecule has 1 unspecified atom stereocenters. The van der Waals surface area contributed by atoms with Gasteiger partial charge >= 0.3 is 0 Å². The van der Waals surface area contributed by atoms with Gasteiger partial charge < -0.3 is 5.11 Å². The fourth-order valence-electron chi connectivity index (χ4n) is 3.47. The first kappa shape index (κ1) is 19.4. The zero-order valence-electron chi connectivity index (χ0n) is 15.6. The lowest BCUT2D eigenvalue weighted by Crippen LogP contribution is -2.29. The predicted molar refractivity (Wildman–Crippen MR) is 116 cm³/mol. The van der Waals surface area contributed by atoms with Crippen molar-refractivity contribution in [3.8, 4) is 0 Å². The summed E-state index contributed by atoms with van der Waals surface area (Å²) in [6, 6.07) is 17.1. The highest BCUT2D eigenvalue weighted by molar-refractivity contribution is 7.10. The summed E-state index contributed by atoms with van der Waals surface area (Å²) in [5.74, 6) is -1.55. The van der Waals surface area contributed by atoms with Gasteiger partial charge in [0.25, 0.3) is 11.7 Å². The molecule has 0 aliphatic carbocycles. The fourth-order valence-corrected chi connectivity index (χ4v) is 4.42. The minimum atomic E-state index is -0.699. The van der Waals surface area contributed by atoms with E-state index in [9.17, 15) is 14.7 Å². The Kier molecular flexibility index (Phi) is 5.26. The number of anilines is 1. The lowest BCUT2D eigenvalue weighted by Gasteiger charge is -2.24. The van der Waals surface area contributed by atoms with Crippen molar-refractivity contribution in [1.29, 1.82) is 0 Å². The average Bonchev–Trinajstić information content (AvgIpc) is 3.35. The van der Waals surface area contributed by atoms with Gasteiger partial charge in [-0.05, 0) is 59.8 Å². The van der Waals surface area contributed by atoms with Gasteiger partial charge in [0.15, 0.2) is 0 Å². The molecule has 0 spiro atoms. The van der Waals surface area contributed by atoms with Crippen LogP contribution < -0.4 is 4.90 Å². The molecule has 1 atom stereocenters. The van der Waals surface area contributed by atoms with Crippen LogP contribution in [0.4, 0.5) is 5.69 Å². The van der Waals surface area contributed by atoms with Crippen molar-refractivity contribution in [2.75, 3.05) is 4.90 Å². The van der Waals surface area contributed by atoms with E-state index in [4.69, 9.17) is 11.6 Å². The Morgan fingerprint density at radius 3 is 2.34 bits per heavy atom.